The number of nitrogens with zero attached hydrogens (tertiary/aromatic N) is 1. The molecule has 1 N–H and O–H groups in total. The van der Waals surface area contributed by atoms with E-state index in [0.29, 0.717) is 36.8 Å². The Hall–Kier alpha value is -1.11. The van der Waals surface area contributed by atoms with E-state index < -0.39 is 10.0 Å². The number of hydrogen-bond donors (Lipinski definition) is 1. The summed E-state index contributed by atoms with van der Waals surface area (Å²) >= 11 is 0. The van der Waals surface area contributed by atoms with Crippen molar-refractivity contribution in [2.45, 2.75) is 4.90 Å². The Kier molecular flexibility index (Phi) is 3.66. The van der Waals surface area contributed by atoms with E-state index >= 15 is 0 Å². The lowest BCUT2D eigenvalue weighted by Gasteiger charge is -2.19. The minimum atomic E-state index is -3.40. The highest BCUT2D eigenvalue weighted by Crippen LogP contribution is 2.26. The summed E-state index contributed by atoms with van der Waals surface area (Å²) in [5.41, 5.74) is 0.674. The quantitative estimate of drug-likeness (QED) is 0.867. The maximum atomic E-state index is 12.4. The maximum absolute atomic E-state index is 12.4. The number of ether oxygens (including phenoxy) is 1. The molecule has 0 saturated heterocycles. The monoisotopic (exact) mass is 256 g/mol. The first-order valence-electron chi connectivity index (χ1n) is 5.48. The molecule has 1 heterocycles. The van der Waals surface area contributed by atoms with Gasteiger partial charge < -0.3 is 10.1 Å². The zero-order valence-electron chi connectivity index (χ0n) is 9.72. The predicted molar refractivity (Wildman–Crippen MR) is 65.6 cm³/mol. The first kappa shape index (κ1) is 12.3. The third-order valence-corrected chi connectivity index (χ3v) is 4.68. The average Bonchev–Trinajstić information content (AvgIpc) is 2.45. The molecule has 0 spiro atoms. The van der Waals surface area contributed by atoms with Crippen LogP contribution in [0.15, 0.2) is 29.2 Å². The van der Waals surface area contributed by atoms with Crippen LogP contribution in [0.3, 0.4) is 0 Å². The molecule has 0 saturated carbocycles. The van der Waals surface area contributed by atoms with Gasteiger partial charge in [-0.05, 0) is 12.1 Å². The van der Waals surface area contributed by atoms with Gasteiger partial charge in [0.1, 0.15) is 4.90 Å². The minimum absolute atomic E-state index is 0.341. The van der Waals surface area contributed by atoms with Crippen molar-refractivity contribution in [2.75, 3.05) is 38.7 Å². The molecular weight excluding hydrogens is 240 g/mol. The van der Waals surface area contributed by atoms with Gasteiger partial charge in [0.2, 0.25) is 10.0 Å². The lowest BCUT2D eigenvalue weighted by molar-refractivity contribution is 0.180. The molecule has 2 rings (SSSR count). The van der Waals surface area contributed by atoms with Crippen LogP contribution in [0.25, 0.3) is 0 Å². The second kappa shape index (κ2) is 5.03. The molecule has 0 unspecified atom stereocenters. The van der Waals surface area contributed by atoms with E-state index in [9.17, 15) is 8.42 Å². The molecule has 0 bridgehead atoms. The van der Waals surface area contributed by atoms with Gasteiger partial charge in [0.05, 0.1) is 12.3 Å². The van der Waals surface area contributed by atoms with Crippen molar-refractivity contribution in [3.05, 3.63) is 24.3 Å². The number of methoxy groups -OCH3 is 1. The van der Waals surface area contributed by atoms with Gasteiger partial charge in [0.15, 0.2) is 0 Å². The Morgan fingerprint density at radius 3 is 2.94 bits per heavy atom. The summed E-state index contributed by atoms with van der Waals surface area (Å²) in [7, 11) is -1.83. The van der Waals surface area contributed by atoms with Crippen molar-refractivity contribution in [1.29, 1.82) is 0 Å². The van der Waals surface area contributed by atoms with Crippen LogP contribution in [-0.2, 0) is 14.8 Å². The van der Waals surface area contributed by atoms with E-state index in [1.165, 1.54) is 4.31 Å². The van der Waals surface area contributed by atoms with E-state index in [4.69, 9.17) is 4.74 Å². The molecule has 0 radical (unpaired) electrons. The van der Waals surface area contributed by atoms with E-state index in [2.05, 4.69) is 5.32 Å². The summed E-state index contributed by atoms with van der Waals surface area (Å²) < 4.78 is 31.1. The number of fused-ring (bicyclic) bond motifs is 1. The zero-order valence-corrected chi connectivity index (χ0v) is 10.5. The SMILES string of the molecule is COCCN1CCNc2ccccc2S1(=O)=O. The van der Waals surface area contributed by atoms with Gasteiger partial charge in [0.25, 0.3) is 0 Å². The van der Waals surface area contributed by atoms with Gasteiger partial charge in [0, 0.05) is 26.7 Å². The maximum Gasteiger partial charge on any atom is 0.245 e. The van der Waals surface area contributed by atoms with Crippen molar-refractivity contribution in [2.24, 2.45) is 0 Å². The molecule has 0 fully saturated rings. The molecule has 6 heteroatoms. The summed E-state index contributed by atoms with van der Waals surface area (Å²) in [5, 5.41) is 3.13. The van der Waals surface area contributed by atoms with Crippen LogP contribution in [0.2, 0.25) is 0 Å². The van der Waals surface area contributed by atoms with Gasteiger partial charge in [-0.15, -0.1) is 0 Å². The molecular formula is C11H16N2O3S. The van der Waals surface area contributed by atoms with Crippen LogP contribution in [0.4, 0.5) is 5.69 Å². The van der Waals surface area contributed by atoms with E-state index in [-0.39, 0.29) is 0 Å². The van der Waals surface area contributed by atoms with Gasteiger partial charge in [-0.3, -0.25) is 0 Å². The van der Waals surface area contributed by atoms with Crippen LogP contribution in [0.5, 0.6) is 0 Å². The third-order valence-electron chi connectivity index (χ3n) is 2.73. The molecule has 1 aromatic rings. The number of hydrogen-bond acceptors (Lipinski definition) is 4. The molecule has 0 aromatic heterocycles. The predicted octanol–water partition coefficient (Wildman–Crippen LogP) is 0.749. The highest BCUT2D eigenvalue weighted by molar-refractivity contribution is 7.89. The first-order valence-corrected chi connectivity index (χ1v) is 6.92. The molecule has 94 valence electrons. The fourth-order valence-corrected chi connectivity index (χ4v) is 3.43. The van der Waals surface area contributed by atoms with E-state index in [1.54, 1.807) is 25.3 Å². The van der Waals surface area contributed by atoms with E-state index in [0.717, 1.165) is 0 Å². The zero-order chi connectivity index (χ0) is 12.3. The number of rotatable bonds is 3. The fourth-order valence-electron chi connectivity index (χ4n) is 1.84. The van der Waals surface area contributed by atoms with Gasteiger partial charge in [-0.25, -0.2) is 8.42 Å². The molecule has 0 atom stereocenters. The lowest BCUT2D eigenvalue weighted by atomic mass is 10.3. The minimum Gasteiger partial charge on any atom is -0.383 e. The van der Waals surface area contributed by atoms with Crippen LogP contribution in [-0.4, -0.2) is 46.1 Å². The number of nitrogens with one attached hydrogen (secondary N) is 1. The summed E-state index contributed by atoms with van der Waals surface area (Å²) in [6.07, 6.45) is 0. The van der Waals surface area contributed by atoms with Gasteiger partial charge in [-0.1, -0.05) is 12.1 Å². The third kappa shape index (κ3) is 2.43. The molecule has 5 nitrogen and oxygen atoms in total. The summed E-state index contributed by atoms with van der Waals surface area (Å²) in [5.74, 6) is 0. The Labute approximate surface area is 101 Å². The van der Waals surface area contributed by atoms with Crippen LogP contribution >= 0.6 is 0 Å². The Morgan fingerprint density at radius 1 is 1.41 bits per heavy atom. The van der Waals surface area contributed by atoms with Gasteiger partial charge in [-0.2, -0.15) is 4.31 Å². The fraction of sp³-hybridized carbons (Fsp3) is 0.455. The molecule has 0 amide bonds. The molecule has 17 heavy (non-hydrogen) atoms. The summed E-state index contributed by atoms with van der Waals surface area (Å²) in [6.45, 7) is 1.86. The average molecular weight is 256 g/mol. The standard InChI is InChI=1S/C11H16N2O3S/c1-16-9-8-13-7-6-12-10-4-2-3-5-11(10)17(13,14)15/h2-5,12H,6-9H2,1H3. The van der Waals surface area contributed by atoms with Crippen LogP contribution in [0.1, 0.15) is 0 Å². The highest BCUT2D eigenvalue weighted by atomic mass is 32.2. The molecule has 1 aliphatic rings. The second-order valence-electron chi connectivity index (χ2n) is 3.82. The van der Waals surface area contributed by atoms with Crippen LogP contribution < -0.4 is 5.32 Å². The van der Waals surface area contributed by atoms with Crippen molar-refractivity contribution < 1.29 is 13.2 Å². The smallest absolute Gasteiger partial charge is 0.245 e. The molecule has 1 aliphatic heterocycles. The van der Waals surface area contributed by atoms with Crippen molar-refractivity contribution in [3.8, 4) is 0 Å². The Balaban J connectivity index is 2.36. The number of anilines is 1. The van der Waals surface area contributed by atoms with Crippen LogP contribution in [0, 0.1) is 0 Å². The number of benzene rings is 1. The topological polar surface area (TPSA) is 58.6 Å². The number of sulfonamides is 1. The summed E-state index contributed by atoms with van der Waals surface area (Å²) in [6, 6.07) is 6.97. The second-order valence-corrected chi connectivity index (χ2v) is 5.73. The van der Waals surface area contributed by atoms with Crippen molar-refractivity contribution in [1.82, 2.24) is 4.31 Å². The largest absolute Gasteiger partial charge is 0.383 e. The Morgan fingerprint density at radius 2 is 2.18 bits per heavy atom. The molecule has 0 aliphatic carbocycles. The van der Waals surface area contributed by atoms with Crippen molar-refractivity contribution in [3.63, 3.8) is 0 Å². The normalized spacial score (nSPS) is 19.1. The number of para-hydroxylation sites is 1. The lowest BCUT2D eigenvalue weighted by Crippen LogP contribution is -2.35. The van der Waals surface area contributed by atoms with Crippen molar-refractivity contribution >= 4 is 15.7 Å². The highest BCUT2D eigenvalue weighted by Gasteiger charge is 2.28. The molecule has 1 aromatic carbocycles. The van der Waals surface area contributed by atoms with E-state index in [1.807, 2.05) is 6.07 Å². The summed E-state index contributed by atoms with van der Waals surface area (Å²) in [4.78, 5) is 0.341. The van der Waals surface area contributed by atoms with Gasteiger partial charge >= 0.3 is 0 Å². The Bertz CT molecular complexity index is 485. The first-order chi connectivity index (χ1) is 8.16.